The Kier molecular flexibility index (Phi) is 2.36. The van der Waals surface area contributed by atoms with Gasteiger partial charge in [0, 0.05) is 11.0 Å². The van der Waals surface area contributed by atoms with E-state index in [4.69, 9.17) is 14.2 Å². The molecular weight excluding hydrogens is 216 g/mol. The molecule has 0 amide bonds. The van der Waals surface area contributed by atoms with Crippen molar-refractivity contribution in [3.63, 3.8) is 0 Å². The molecule has 3 aliphatic heterocycles. The van der Waals surface area contributed by atoms with Crippen LogP contribution in [-0.4, -0.2) is 19.8 Å². The van der Waals surface area contributed by atoms with Crippen molar-refractivity contribution in [2.24, 2.45) is 5.41 Å². The number of fused-ring (bicyclic) bond motifs is 3. The van der Waals surface area contributed by atoms with E-state index >= 15 is 0 Å². The van der Waals surface area contributed by atoms with Gasteiger partial charge in [0.15, 0.2) is 0 Å². The maximum absolute atomic E-state index is 5.77. The van der Waals surface area contributed by atoms with Crippen LogP contribution in [0.2, 0.25) is 0 Å². The molecule has 0 spiro atoms. The summed E-state index contributed by atoms with van der Waals surface area (Å²) in [5.74, 6) is -1.00. The Balaban J connectivity index is 1.95. The van der Waals surface area contributed by atoms with Gasteiger partial charge >= 0.3 is 5.97 Å². The zero-order valence-electron chi connectivity index (χ0n) is 9.94. The van der Waals surface area contributed by atoms with Crippen molar-refractivity contribution in [2.45, 2.75) is 12.9 Å². The van der Waals surface area contributed by atoms with Gasteiger partial charge in [-0.2, -0.15) is 0 Å². The number of hydrogen-bond donors (Lipinski definition) is 0. The Hall–Kier alpha value is -1.16. The highest BCUT2D eigenvalue weighted by Crippen LogP contribution is 2.43. The van der Waals surface area contributed by atoms with Crippen molar-refractivity contribution in [1.82, 2.24) is 0 Å². The minimum atomic E-state index is -1.00. The van der Waals surface area contributed by atoms with E-state index in [1.54, 1.807) is 6.08 Å². The highest BCUT2D eigenvalue weighted by Gasteiger charge is 2.51. The highest BCUT2D eigenvalue weighted by atomic mass is 16.9. The Morgan fingerprint density at radius 2 is 1.82 bits per heavy atom. The lowest BCUT2D eigenvalue weighted by molar-refractivity contribution is -0.477. The molecule has 90 valence electrons. The van der Waals surface area contributed by atoms with Crippen molar-refractivity contribution in [2.75, 3.05) is 19.8 Å². The summed E-state index contributed by atoms with van der Waals surface area (Å²) >= 11 is 0. The molecule has 3 heterocycles. The molecule has 0 N–H and O–H groups in total. The average molecular weight is 232 g/mol. The van der Waals surface area contributed by atoms with Crippen LogP contribution in [0.5, 0.6) is 0 Å². The van der Waals surface area contributed by atoms with Crippen LogP contribution in [0.3, 0.4) is 0 Å². The summed E-state index contributed by atoms with van der Waals surface area (Å²) in [6, 6.07) is 7.89. The van der Waals surface area contributed by atoms with Crippen LogP contribution in [0.1, 0.15) is 18.1 Å². The smallest absolute Gasteiger partial charge is 0.312 e. The van der Waals surface area contributed by atoms with E-state index in [1.807, 2.05) is 24.3 Å². The average Bonchev–Trinajstić information content (AvgIpc) is 2.40. The minimum Gasteiger partial charge on any atom is -0.323 e. The molecule has 3 saturated heterocycles. The van der Waals surface area contributed by atoms with E-state index in [0.717, 1.165) is 11.1 Å². The summed E-state index contributed by atoms with van der Waals surface area (Å²) in [4.78, 5) is 0. The first-order valence-electron chi connectivity index (χ1n) is 5.81. The van der Waals surface area contributed by atoms with Gasteiger partial charge in [0.25, 0.3) is 0 Å². The number of rotatable bonds is 2. The molecule has 3 heteroatoms. The van der Waals surface area contributed by atoms with Gasteiger partial charge in [-0.05, 0) is 11.6 Å². The second-order valence-electron chi connectivity index (χ2n) is 5.06. The first-order chi connectivity index (χ1) is 8.16. The van der Waals surface area contributed by atoms with E-state index in [2.05, 4.69) is 13.5 Å². The molecule has 0 unspecified atom stereocenters. The molecular formula is C14H16O3. The largest absolute Gasteiger partial charge is 0.323 e. The topological polar surface area (TPSA) is 27.7 Å². The van der Waals surface area contributed by atoms with Gasteiger partial charge in [-0.1, -0.05) is 37.8 Å². The van der Waals surface area contributed by atoms with Crippen molar-refractivity contribution in [1.29, 1.82) is 0 Å². The molecule has 1 aromatic carbocycles. The lowest BCUT2D eigenvalue weighted by atomic mass is 9.91. The fraction of sp³-hybridized carbons (Fsp3) is 0.429. The minimum absolute atomic E-state index is 0.00219. The number of ether oxygens (including phenoxy) is 3. The molecule has 17 heavy (non-hydrogen) atoms. The quantitative estimate of drug-likeness (QED) is 0.784. The van der Waals surface area contributed by atoms with E-state index < -0.39 is 5.97 Å². The van der Waals surface area contributed by atoms with Gasteiger partial charge < -0.3 is 14.2 Å². The van der Waals surface area contributed by atoms with Crippen LogP contribution in [0.25, 0.3) is 6.08 Å². The summed E-state index contributed by atoms with van der Waals surface area (Å²) in [7, 11) is 0. The molecule has 0 aromatic heterocycles. The fourth-order valence-electron chi connectivity index (χ4n) is 2.16. The zero-order valence-corrected chi connectivity index (χ0v) is 9.94. The SMILES string of the molecule is C=Cc1cccc(C23OCC(C)(CO2)CO3)c1. The molecule has 0 aliphatic carbocycles. The molecule has 2 bridgehead atoms. The van der Waals surface area contributed by atoms with Crippen LogP contribution < -0.4 is 0 Å². The van der Waals surface area contributed by atoms with Crippen LogP contribution >= 0.6 is 0 Å². The van der Waals surface area contributed by atoms with Crippen LogP contribution in [0.15, 0.2) is 30.8 Å². The third-order valence-corrected chi connectivity index (χ3v) is 3.31. The molecule has 0 atom stereocenters. The van der Waals surface area contributed by atoms with Crippen LogP contribution in [0.4, 0.5) is 0 Å². The van der Waals surface area contributed by atoms with E-state index in [0.29, 0.717) is 19.8 Å². The van der Waals surface area contributed by atoms with Crippen molar-refractivity contribution >= 4 is 6.08 Å². The predicted octanol–water partition coefficient (Wildman–Crippen LogP) is 2.52. The first-order valence-corrected chi connectivity index (χ1v) is 5.81. The van der Waals surface area contributed by atoms with E-state index in [1.165, 1.54) is 0 Å². The molecule has 4 rings (SSSR count). The van der Waals surface area contributed by atoms with Gasteiger partial charge in [-0.25, -0.2) is 0 Å². The van der Waals surface area contributed by atoms with Crippen molar-refractivity contribution in [3.8, 4) is 0 Å². The van der Waals surface area contributed by atoms with Crippen molar-refractivity contribution < 1.29 is 14.2 Å². The maximum atomic E-state index is 5.77. The van der Waals surface area contributed by atoms with Gasteiger partial charge in [-0.3, -0.25) is 0 Å². The Morgan fingerprint density at radius 3 is 2.41 bits per heavy atom. The summed E-state index contributed by atoms with van der Waals surface area (Å²) in [5.41, 5.74) is 1.93. The summed E-state index contributed by atoms with van der Waals surface area (Å²) in [6.45, 7) is 7.89. The van der Waals surface area contributed by atoms with Gasteiger partial charge in [0.2, 0.25) is 0 Å². The Morgan fingerprint density at radius 1 is 1.18 bits per heavy atom. The number of benzene rings is 1. The second-order valence-corrected chi connectivity index (χ2v) is 5.06. The lowest BCUT2D eigenvalue weighted by Gasteiger charge is -2.50. The molecule has 0 radical (unpaired) electrons. The summed E-state index contributed by atoms with van der Waals surface area (Å²) in [6.07, 6.45) is 1.80. The van der Waals surface area contributed by atoms with Gasteiger partial charge in [0.1, 0.15) is 0 Å². The Labute approximate surface area is 101 Å². The first kappa shape index (κ1) is 11.0. The molecule has 0 saturated carbocycles. The lowest BCUT2D eigenvalue weighted by Crippen LogP contribution is -2.57. The molecule has 3 nitrogen and oxygen atoms in total. The zero-order chi connectivity index (χ0) is 11.9. The fourth-order valence-corrected chi connectivity index (χ4v) is 2.16. The van der Waals surface area contributed by atoms with Gasteiger partial charge in [0.05, 0.1) is 19.8 Å². The third kappa shape index (κ3) is 1.71. The standard InChI is InChI=1S/C14H16O3/c1-3-11-5-4-6-12(7-11)14-15-8-13(2,9-16-14)10-17-14/h3-7H,1,8-10H2,2H3. The van der Waals surface area contributed by atoms with Crippen LogP contribution in [-0.2, 0) is 20.2 Å². The predicted molar refractivity (Wildman–Crippen MR) is 64.2 cm³/mol. The second kappa shape index (κ2) is 3.67. The molecule has 3 fully saturated rings. The van der Waals surface area contributed by atoms with Crippen LogP contribution in [0, 0.1) is 5.41 Å². The summed E-state index contributed by atoms with van der Waals surface area (Å²) in [5, 5.41) is 0. The van der Waals surface area contributed by atoms with Gasteiger partial charge in [-0.15, -0.1) is 0 Å². The van der Waals surface area contributed by atoms with E-state index in [-0.39, 0.29) is 5.41 Å². The normalized spacial score (nSPS) is 35.8. The van der Waals surface area contributed by atoms with Crippen molar-refractivity contribution in [3.05, 3.63) is 42.0 Å². The molecule has 1 aromatic rings. The van der Waals surface area contributed by atoms with E-state index in [9.17, 15) is 0 Å². The third-order valence-electron chi connectivity index (χ3n) is 3.31. The number of hydrogen-bond acceptors (Lipinski definition) is 3. The Bertz CT molecular complexity index is 428. The maximum Gasteiger partial charge on any atom is 0.312 e. The molecule has 3 aliphatic rings. The monoisotopic (exact) mass is 232 g/mol. The summed E-state index contributed by atoms with van der Waals surface area (Å²) < 4.78 is 17.3. The highest BCUT2D eigenvalue weighted by molar-refractivity contribution is 5.48.